The number of hydrogen-bond donors (Lipinski definition) is 1. The first-order valence-electron chi connectivity index (χ1n) is 6.96. The molecule has 1 aliphatic rings. The molecule has 1 N–H and O–H groups in total. The molecule has 0 radical (unpaired) electrons. The van der Waals surface area contributed by atoms with Crippen LogP contribution < -0.4 is 10.1 Å². The van der Waals surface area contributed by atoms with E-state index in [1.807, 2.05) is 19.1 Å². The highest BCUT2D eigenvalue weighted by molar-refractivity contribution is 5.47. The largest absolute Gasteiger partial charge is 0.494 e. The lowest BCUT2D eigenvalue weighted by molar-refractivity contribution is 0.340. The van der Waals surface area contributed by atoms with Crippen LogP contribution in [0.2, 0.25) is 0 Å². The Morgan fingerprint density at radius 3 is 2.72 bits per heavy atom. The van der Waals surface area contributed by atoms with Crippen LogP contribution in [0.1, 0.15) is 26.2 Å². The quantitative estimate of drug-likeness (QED) is 0.886. The first-order chi connectivity index (χ1) is 8.78. The first-order valence-corrected chi connectivity index (χ1v) is 6.96. The molecular formula is C15H24N2O. The number of rotatable bonds is 4. The van der Waals surface area contributed by atoms with Crippen molar-refractivity contribution in [2.24, 2.45) is 0 Å². The Balaban J connectivity index is 1.88. The fraction of sp³-hybridized carbons (Fsp3) is 0.600. The smallest absolute Gasteiger partial charge is 0.119 e. The third kappa shape index (κ3) is 3.91. The Kier molecular flexibility index (Phi) is 4.88. The van der Waals surface area contributed by atoms with Crippen LogP contribution in [0, 0.1) is 0 Å². The fourth-order valence-electron chi connectivity index (χ4n) is 2.43. The summed E-state index contributed by atoms with van der Waals surface area (Å²) in [5, 5.41) is 3.63. The van der Waals surface area contributed by atoms with Gasteiger partial charge in [0.25, 0.3) is 0 Å². The van der Waals surface area contributed by atoms with Crippen LogP contribution in [-0.2, 0) is 0 Å². The molecule has 18 heavy (non-hydrogen) atoms. The Labute approximate surface area is 110 Å². The van der Waals surface area contributed by atoms with Crippen molar-refractivity contribution in [2.45, 2.75) is 32.2 Å². The number of anilines is 1. The van der Waals surface area contributed by atoms with Crippen molar-refractivity contribution in [2.75, 3.05) is 32.1 Å². The zero-order chi connectivity index (χ0) is 12.8. The second-order valence-corrected chi connectivity index (χ2v) is 5.03. The molecular weight excluding hydrogens is 224 g/mol. The van der Waals surface area contributed by atoms with E-state index in [2.05, 4.69) is 29.4 Å². The summed E-state index contributed by atoms with van der Waals surface area (Å²) in [6.45, 7) is 5.14. The minimum Gasteiger partial charge on any atom is -0.494 e. The van der Waals surface area contributed by atoms with Gasteiger partial charge in [-0.05, 0) is 70.6 Å². The maximum Gasteiger partial charge on any atom is 0.119 e. The molecule has 0 aromatic heterocycles. The van der Waals surface area contributed by atoms with Crippen molar-refractivity contribution in [3.8, 4) is 5.75 Å². The molecule has 1 saturated heterocycles. The summed E-state index contributed by atoms with van der Waals surface area (Å²) in [4.78, 5) is 2.42. The molecule has 1 fully saturated rings. The Morgan fingerprint density at radius 1 is 1.22 bits per heavy atom. The van der Waals surface area contributed by atoms with Crippen LogP contribution in [0.4, 0.5) is 5.69 Å². The molecule has 0 spiro atoms. The van der Waals surface area contributed by atoms with E-state index >= 15 is 0 Å². The summed E-state index contributed by atoms with van der Waals surface area (Å²) in [6, 6.07) is 8.90. The standard InChI is InChI=1S/C15H24N2O/c1-3-18-15-8-6-14(7-9-15)16-13-5-4-11-17(2)12-10-13/h6-9,13,16H,3-5,10-12H2,1-2H3. The van der Waals surface area contributed by atoms with Gasteiger partial charge in [0.2, 0.25) is 0 Å². The molecule has 1 aromatic rings. The molecule has 1 heterocycles. The van der Waals surface area contributed by atoms with E-state index in [4.69, 9.17) is 4.74 Å². The van der Waals surface area contributed by atoms with Gasteiger partial charge in [-0.1, -0.05) is 0 Å². The van der Waals surface area contributed by atoms with Gasteiger partial charge in [0, 0.05) is 11.7 Å². The normalized spacial score (nSPS) is 21.3. The van der Waals surface area contributed by atoms with Crippen LogP contribution in [0.3, 0.4) is 0 Å². The highest BCUT2D eigenvalue weighted by atomic mass is 16.5. The molecule has 1 aromatic carbocycles. The number of nitrogens with zero attached hydrogens (tertiary/aromatic N) is 1. The van der Waals surface area contributed by atoms with Crippen molar-refractivity contribution in [1.82, 2.24) is 4.90 Å². The first kappa shape index (κ1) is 13.2. The monoisotopic (exact) mass is 248 g/mol. The topological polar surface area (TPSA) is 24.5 Å². The lowest BCUT2D eigenvalue weighted by Crippen LogP contribution is -2.22. The van der Waals surface area contributed by atoms with Gasteiger partial charge in [-0.2, -0.15) is 0 Å². The fourth-order valence-corrected chi connectivity index (χ4v) is 2.43. The lowest BCUT2D eigenvalue weighted by Gasteiger charge is -2.18. The number of nitrogens with one attached hydrogen (secondary N) is 1. The van der Waals surface area contributed by atoms with Crippen molar-refractivity contribution in [3.63, 3.8) is 0 Å². The molecule has 0 saturated carbocycles. The molecule has 0 amide bonds. The number of hydrogen-bond acceptors (Lipinski definition) is 3. The van der Waals surface area contributed by atoms with Gasteiger partial charge < -0.3 is 15.0 Å². The number of likely N-dealkylation sites (tertiary alicyclic amines) is 1. The maximum absolute atomic E-state index is 5.45. The predicted octanol–water partition coefficient (Wildman–Crippen LogP) is 2.98. The van der Waals surface area contributed by atoms with Gasteiger partial charge in [0.05, 0.1) is 6.61 Å². The second-order valence-electron chi connectivity index (χ2n) is 5.03. The van der Waals surface area contributed by atoms with E-state index in [0.29, 0.717) is 6.04 Å². The highest BCUT2D eigenvalue weighted by Gasteiger charge is 2.14. The molecule has 2 rings (SSSR count). The van der Waals surface area contributed by atoms with Gasteiger partial charge >= 0.3 is 0 Å². The number of ether oxygens (including phenoxy) is 1. The SMILES string of the molecule is CCOc1ccc(NC2CCCN(C)CC2)cc1. The van der Waals surface area contributed by atoms with Crippen LogP contribution in [0.25, 0.3) is 0 Å². The Bertz CT molecular complexity index is 350. The summed E-state index contributed by atoms with van der Waals surface area (Å²) in [6.07, 6.45) is 3.77. The van der Waals surface area contributed by atoms with Crippen LogP contribution >= 0.6 is 0 Å². The summed E-state index contributed by atoms with van der Waals surface area (Å²) in [5.74, 6) is 0.948. The average molecular weight is 248 g/mol. The molecule has 0 bridgehead atoms. The van der Waals surface area contributed by atoms with Crippen molar-refractivity contribution < 1.29 is 4.74 Å². The lowest BCUT2D eigenvalue weighted by atomic mass is 10.1. The number of benzene rings is 1. The van der Waals surface area contributed by atoms with E-state index in [9.17, 15) is 0 Å². The van der Waals surface area contributed by atoms with E-state index in [0.717, 1.165) is 12.4 Å². The van der Waals surface area contributed by atoms with E-state index in [1.54, 1.807) is 0 Å². The third-order valence-electron chi connectivity index (χ3n) is 3.49. The van der Waals surface area contributed by atoms with Gasteiger partial charge in [-0.3, -0.25) is 0 Å². The third-order valence-corrected chi connectivity index (χ3v) is 3.49. The summed E-state index contributed by atoms with van der Waals surface area (Å²) in [7, 11) is 2.21. The van der Waals surface area contributed by atoms with E-state index < -0.39 is 0 Å². The Morgan fingerprint density at radius 2 is 2.00 bits per heavy atom. The molecule has 100 valence electrons. The van der Waals surface area contributed by atoms with E-state index in [-0.39, 0.29) is 0 Å². The summed E-state index contributed by atoms with van der Waals surface area (Å²) >= 11 is 0. The van der Waals surface area contributed by atoms with E-state index in [1.165, 1.54) is 38.0 Å². The second kappa shape index (κ2) is 6.64. The summed E-state index contributed by atoms with van der Waals surface area (Å²) < 4.78 is 5.45. The molecule has 3 heteroatoms. The van der Waals surface area contributed by atoms with Crippen LogP contribution in [-0.4, -0.2) is 37.7 Å². The van der Waals surface area contributed by atoms with Crippen molar-refractivity contribution >= 4 is 5.69 Å². The molecule has 3 nitrogen and oxygen atoms in total. The molecule has 0 aliphatic carbocycles. The minimum absolute atomic E-state index is 0.605. The molecule has 1 unspecified atom stereocenters. The minimum atomic E-state index is 0.605. The van der Waals surface area contributed by atoms with Crippen LogP contribution in [0.15, 0.2) is 24.3 Å². The zero-order valence-electron chi connectivity index (χ0n) is 11.5. The predicted molar refractivity (Wildman–Crippen MR) is 76.4 cm³/mol. The van der Waals surface area contributed by atoms with Gasteiger partial charge in [0.15, 0.2) is 0 Å². The zero-order valence-corrected chi connectivity index (χ0v) is 11.5. The molecule has 1 aliphatic heterocycles. The van der Waals surface area contributed by atoms with Gasteiger partial charge in [0.1, 0.15) is 5.75 Å². The maximum atomic E-state index is 5.45. The van der Waals surface area contributed by atoms with Crippen LogP contribution in [0.5, 0.6) is 5.75 Å². The Hall–Kier alpha value is -1.22. The average Bonchev–Trinajstić information content (AvgIpc) is 2.57. The van der Waals surface area contributed by atoms with Crippen molar-refractivity contribution in [1.29, 1.82) is 0 Å². The highest BCUT2D eigenvalue weighted by Crippen LogP contribution is 2.19. The van der Waals surface area contributed by atoms with Gasteiger partial charge in [-0.25, -0.2) is 0 Å². The van der Waals surface area contributed by atoms with Gasteiger partial charge in [-0.15, -0.1) is 0 Å². The summed E-state index contributed by atoms with van der Waals surface area (Å²) in [5.41, 5.74) is 1.20. The molecule has 1 atom stereocenters. The van der Waals surface area contributed by atoms with Crippen molar-refractivity contribution in [3.05, 3.63) is 24.3 Å².